The topological polar surface area (TPSA) is 87.7 Å². The first-order valence-electron chi connectivity index (χ1n) is 7.85. The molecule has 2 amide bonds. The van der Waals surface area contributed by atoms with E-state index in [2.05, 4.69) is 17.6 Å². The van der Waals surface area contributed by atoms with Crippen LogP contribution < -0.4 is 10.6 Å². The molecule has 3 N–H and O–H groups in total. The maximum absolute atomic E-state index is 11.8. The van der Waals surface area contributed by atoms with Gasteiger partial charge in [0.2, 0.25) is 0 Å². The first kappa shape index (κ1) is 17.8. The van der Waals surface area contributed by atoms with Gasteiger partial charge in [-0.25, -0.2) is 4.79 Å². The van der Waals surface area contributed by atoms with Crippen LogP contribution in [0.1, 0.15) is 52.4 Å². The zero-order valence-corrected chi connectivity index (χ0v) is 13.1. The summed E-state index contributed by atoms with van der Waals surface area (Å²) in [5.41, 5.74) is -0.888. The number of hydrogen-bond donors (Lipinski definition) is 3. The second kappa shape index (κ2) is 8.87. The van der Waals surface area contributed by atoms with E-state index < -0.39 is 11.4 Å². The van der Waals surface area contributed by atoms with Gasteiger partial charge in [0, 0.05) is 25.8 Å². The summed E-state index contributed by atoms with van der Waals surface area (Å²) in [7, 11) is 0. The molecule has 1 saturated heterocycles. The molecule has 0 spiro atoms. The molecule has 0 aromatic heterocycles. The molecular formula is C15H28N2O4. The first-order chi connectivity index (χ1) is 10.00. The summed E-state index contributed by atoms with van der Waals surface area (Å²) in [5.74, 6) is -0.859. The van der Waals surface area contributed by atoms with Gasteiger partial charge in [0.15, 0.2) is 0 Å². The van der Waals surface area contributed by atoms with E-state index in [0.29, 0.717) is 26.1 Å². The molecule has 122 valence electrons. The number of hydrogen-bond acceptors (Lipinski definition) is 3. The van der Waals surface area contributed by atoms with E-state index in [4.69, 9.17) is 4.74 Å². The van der Waals surface area contributed by atoms with E-state index in [1.807, 2.05) is 6.92 Å². The second-order valence-corrected chi connectivity index (χ2v) is 5.92. The van der Waals surface area contributed by atoms with Crippen molar-refractivity contribution in [2.75, 3.05) is 19.8 Å². The molecule has 1 fully saturated rings. The lowest BCUT2D eigenvalue weighted by Crippen LogP contribution is -2.50. The molecule has 1 aliphatic heterocycles. The SMILES string of the molecule is CCCCCC(C)NC(=O)NCC1(C(=O)O)CCOCC1. The molecule has 1 heterocycles. The van der Waals surface area contributed by atoms with Crippen molar-refractivity contribution in [2.24, 2.45) is 5.41 Å². The van der Waals surface area contributed by atoms with Crippen LogP contribution in [0.15, 0.2) is 0 Å². The molecule has 1 aliphatic rings. The fraction of sp³-hybridized carbons (Fsp3) is 0.867. The van der Waals surface area contributed by atoms with Gasteiger partial charge < -0.3 is 20.5 Å². The smallest absolute Gasteiger partial charge is 0.315 e. The predicted octanol–water partition coefficient (Wildman–Crippen LogP) is 2.14. The van der Waals surface area contributed by atoms with Crippen molar-refractivity contribution in [1.82, 2.24) is 10.6 Å². The first-order valence-corrected chi connectivity index (χ1v) is 7.85. The Morgan fingerprint density at radius 3 is 2.52 bits per heavy atom. The number of urea groups is 1. The number of carbonyl (C=O) groups excluding carboxylic acids is 1. The standard InChI is InChI=1S/C15H28N2O4/c1-3-4-5-6-12(2)17-14(20)16-11-15(13(18)19)7-9-21-10-8-15/h12H,3-11H2,1-2H3,(H,18,19)(H2,16,17,20). The van der Waals surface area contributed by atoms with E-state index >= 15 is 0 Å². The van der Waals surface area contributed by atoms with Gasteiger partial charge in [-0.3, -0.25) is 4.79 Å². The van der Waals surface area contributed by atoms with Crippen LogP contribution in [-0.4, -0.2) is 42.9 Å². The summed E-state index contributed by atoms with van der Waals surface area (Å²) in [5, 5.41) is 15.0. The van der Waals surface area contributed by atoms with Crippen LogP contribution in [0.25, 0.3) is 0 Å². The average molecular weight is 300 g/mol. The minimum atomic E-state index is -0.888. The Hall–Kier alpha value is -1.30. The quantitative estimate of drug-likeness (QED) is 0.599. The van der Waals surface area contributed by atoms with Gasteiger partial charge in [0.25, 0.3) is 0 Å². The highest BCUT2D eigenvalue weighted by Crippen LogP contribution is 2.29. The molecule has 0 aromatic carbocycles. The van der Waals surface area contributed by atoms with Crippen molar-refractivity contribution in [2.45, 2.75) is 58.4 Å². The average Bonchev–Trinajstić information content (AvgIpc) is 2.46. The second-order valence-electron chi connectivity index (χ2n) is 5.92. The normalized spacial score (nSPS) is 18.8. The molecule has 0 saturated carbocycles. The highest BCUT2D eigenvalue weighted by Gasteiger charge is 2.40. The van der Waals surface area contributed by atoms with Gasteiger partial charge in [0.05, 0.1) is 5.41 Å². The number of ether oxygens (including phenoxy) is 1. The number of carboxylic acid groups (broad SMARTS) is 1. The largest absolute Gasteiger partial charge is 0.481 e. The maximum atomic E-state index is 11.8. The van der Waals surface area contributed by atoms with Crippen LogP contribution in [0.2, 0.25) is 0 Å². The zero-order valence-electron chi connectivity index (χ0n) is 13.1. The maximum Gasteiger partial charge on any atom is 0.315 e. The Bertz CT molecular complexity index is 341. The van der Waals surface area contributed by atoms with E-state index in [1.54, 1.807) is 0 Å². The highest BCUT2D eigenvalue weighted by molar-refractivity contribution is 5.78. The summed E-state index contributed by atoms with van der Waals surface area (Å²) < 4.78 is 5.21. The number of carbonyl (C=O) groups is 2. The van der Waals surface area contributed by atoms with E-state index in [0.717, 1.165) is 25.7 Å². The summed E-state index contributed by atoms with van der Waals surface area (Å²) in [6, 6.07) is -0.182. The lowest BCUT2D eigenvalue weighted by molar-refractivity contribution is -0.154. The number of nitrogens with one attached hydrogen (secondary N) is 2. The molecule has 1 unspecified atom stereocenters. The fourth-order valence-electron chi connectivity index (χ4n) is 2.53. The van der Waals surface area contributed by atoms with Crippen molar-refractivity contribution in [3.05, 3.63) is 0 Å². The number of carboxylic acids is 1. The molecule has 6 nitrogen and oxygen atoms in total. The Balaban J connectivity index is 2.34. The van der Waals surface area contributed by atoms with E-state index in [-0.39, 0.29) is 18.6 Å². The monoisotopic (exact) mass is 300 g/mol. The van der Waals surface area contributed by atoms with Gasteiger partial charge in [-0.1, -0.05) is 26.2 Å². The number of amides is 2. The molecule has 1 rings (SSSR count). The third-order valence-corrected chi connectivity index (χ3v) is 4.11. The molecule has 0 aliphatic carbocycles. The summed E-state index contributed by atoms with van der Waals surface area (Å²) in [4.78, 5) is 23.3. The third-order valence-electron chi connectivity index (χ3n) is 4.11. The van der Waals surface area contributed by atoms with Crippen molar-refractivity contribution < 1.29 is 19.4 Å². The number of aliphatic carboxylic acids is 1. The molecule has 0 bridgehead atoms. The van der Waals surface area contributed by atoms with Gasteiger partial charge in [-0.2, -0.15) is 0 Å². The van der Waals surface area contributed by atoms with E-state index in [1.165, 1.54) is 0 Å². The molecule has 21 heavy (non-hydrogen) atoms. The van der Waals surface area contributed by atoms with Crippen molar-refractivity contribution >= 4 is 12.0 Å². The Morgan fingerprint density at radius 2 is 1.95 bits per heavy atom. The summed E-state index contributed by atoms with van der Waals surface area (Å²) in [6.07, 6.45) is 5.23. The molecule has 6 heteroatoms. The lowest BCUT2D eigenvalue weighted by Gasteiger charge is -2.33. The Morgan fingerprint density at radius 1 is 1.29 bits per heavy atom. The third kappa shape index (κ3) is 5.91. The van der Waals surface area contributed by atoms with Crippen molar-refractivity contribution in [3.8, 4) is 0 Å². The van der Waals surface area contributed by atoms with Crippen LogP contribution >= 0.6 is 0 Å². The van der Waals surface area contributed by atoms with Gasteiger partial charge in [0.1, 0.15) is 0 Å². The van der Waals surface area contributed by atoms with Gasteiger partial charge >= 0.3 is 12.0 Å². The minimum Gasteiger partial charge on any atom is -0.481 e. The number of unbranched alkanes of at least 4 members (excludes halogenated alkanes) is 2. The predicted molar refractivity (Wildman–Crippen MR) is 80.3 cm³/mol. The minimum absolute atomic E-state index is 0.104. The Labute approximate surface area is 126 Å². The van der Waals surface area contributed by atoms with Crippen LogP contribution in [-0.2, 0) is 9.53 Å². The van der Waals surface area contributed by atoms with Crippen molar-refractivity contribution in [1.29, 1.82) is 0 Å². The summed E-state index contributed by atoms with van der Waals surface area (Å²) >= 11 is 0. The zero-order chi connectivity index (χ0) is 15.7. The number of rotatable bonds is 8. The van der Waals surface area contributed by atoms with Gasteiger partial charge in [-0.15, -0.1) is 0 Å². The Kier molecular flexibility index (Phi) is 7.50. The summed E-state index contributed by atoms with van der Waals surface area (Å²) in [6.45, 7) is 5.13. The van der Waals surface area contributed by atoms with E-state index in [9.17, 15) is 14.7 Å². The van der Waals surface area contributed by atoms with Crippen LogP contribution in [0.3, 0.4) is 0 Å². The molecular weight excluding hydrogens is 272 g/mol. The highest BCUT2D eigenvalue weighted by atomic mass is 16.5. The van der Waals surface area contributed by atoms with Crippen molar-refractivity contribution in [3.63, 3.8) is 0 Å². The lowest BCUT2D eigenvalue weighted by atomic mass is 9.80. The molecule has 0 aromatic rings. The van der Waals surface area contributed by atoms with Crippen LogP contribution in [0.5, 0.6) is 0 Å². The van der Waals surface area contributed by atoms with Crippen LogP contribution in [0.4, 0.5) is 4.79 Å². The van der Waals surface area contributed by atoms with Gasteiger partial charge in [-0.05, 0) is 26.2 Å². The molecule has 1 atom stereocenters. The molecule has 0 radical (unpaired) electrons. The van der Waals surface area contributed by atoms with Crippen LogP contribution in [0, 0.1) is 5.41 Å². The fourth-order valence-corrected chi connectivity index (χ4v) is 2.53.